The monoisotopic (exact) mass is 239 g/mol. The van der Waals surface area contributed by atoms with Gasteiger partial charge in [-0.2, -0.15) is 0 Å². The first-order chi connectivity index (χ1) is 7.45. The Morgan fingerprint density at radius 3 is 2.31 bits per heavy atom. The van der Waals surface area contributed by atoms with Crippen LogP contribution in [-0.2, 0) is 6.54 Å². The lowest BCUT2D eigenvalue weighted by molar-refractivity contribution is 0.0376. The first-order valence-electron chi connectivity index (χ1n) is 5.60. The van der Waals surface area contributed by atoms with Gasteiger partial charge < -0.3 is 10.8 Å². The molecule has 0 radical (unpaired) electrons. The summed E-state index contributed by atoms with van der Waals surface area (Å²) < 4.78 is 0. The van der Waals surface area contributed by atoms with E-state index in [1.807, 2.05) is 32.9 Å². The largest absolute Gasteiger partial charge is 0.389 e. The van der Waals surface area contributed by atoms with Crippen molar-refractivity contribution in [2.45, 2.75) is 37.8 Å². The minimum atomic E-state index is -0.614. The van der Waals surface area contributed by atoms with E-state index >= 15 is 0 Å². The van der Waals surface area contributed by atoms with Crippen molar-refractivity contribution < 1.29 is 5.11 Å². The summed E-state index contributed by atoms with van der Waals surface area (Å²) >= 11 is 1.68. The fraction of sp³-hybridized carbons (Fsp3) is 0.538. The van der Waals surface area contributed by atoms with Crippen LogP contribution in [0.2, 0.25) is 0 Å². The number of nitrogens with two attached hydrogens (primary N) is 1. The average Bonchev–Trinajstić information content (AvgIpc) is 2.27. The van der Waals surface area contributed by atoms with E-state index < -0.39 is 5.60 Å². The lowest BCUT2D eigenvalue weighted by Crippen LogP contribution is -2.33. The van der Waals surface area contributed by atoms with E-state index in [1.165, 1.54) is 4.90 Å². The van der Waals surface area contributed by atoms with Crippen LogP contribution in [0.4, 0.5) is 0 Å². The van der Waals surface area contributed by atoms with Gasteiger partial charge in [-0.05, 0) is 30.5 Å². The molecule has 90 valence electrons. The van der Waals surface area contributed by atoms with Gasteiger partial charge in [0.25, 0.3) is 0 Å². The van der Waals surface area contributed by atoms with Crippen LogP contribution in [0.25, 0.3) is 0 Å². The second kappa shape index (κ2) is 5.71. The zero-order chi connectivity index (χ0) is 12.2. The number of hydrogen-bond acceptors (Lipinski definition) is 3. The number of hydrogen-bond donors (Lipinski definition) is 2. The van der Waals surface area contributed by atoms with Crippen molar-refractivity contribution in [3.05, 3.63) is 29.8 Å². The quantitative estimate of drug-likeness (QED) is 0.777. The summed E-state index contributed by atoms with van der Waals surface area (Å²) in [6.45, 7) is 6.55. The molecule has 0 aliphatic carbocycles. The highest BCUT2D eigenvalue weighted by Crippen LogP contribution is 2.27. The second-order valence-corrected chi connectivity index (χ2v) is 5.70. The number of aliphatic hydroxyl groups is 1. The molecule has 16 heavy (non-hydrogen) atoms. The van der Waals surface area contributed by atoms with Gasteiger partial charge in [-0.1, -0.05) is 26.0 Å². The molecular formula is C13H21NOS. The van der Waals surface area contributed by atoms with Crippen LogP contribution in [0.3, 0.4) is 0 Å². The number of rotatable bonds is 5. The molecule has 0 saturated carbocycles. The van der Waals surface area contributed by atoms with E-state index in [1.54, 1.807) is 11.8 Å². The molecule has 0 saturated heterocycles. The van der Waals surface area contributed by atoms with Gasteiger partial charge in [0.1, 0.15) is 0 Å². The SMILES string of the molecule is CC(C)C(C)(O)CSc1ccc(CN)cc1. The lowest BCUT2D eigenvalue weighted by Gasteiger charge is -2.27. The molecule has 0 amide bonds. The van der Waals surface area contributed by atoms with Crippen molar-refractivity contribution in [3.63, 3.8) is 0 Å². The van der Waals surface area contributed by atoms with Crippen LogP contribution >= 0.6 is 11.8 Å². The Kier molecular flexibility index (Phi) is 4.84. The summed E-state index contributed by atoms with van der Waals surface area (Å²) in [5.41, 5.74) is 6.06. The van der Waals surface area contributed by atoms with Gasteiger partial charge in [0, 0.05) is 17.2 Å². The van der Waals surface area contributed by atoms with E-state index in [0.29, 0.717) is 12.3 Å². The Bertz CT molecular complexity index is 319. The molecule has 0 spiro atoms. The highest BCUT2D eigenvalue weighted by molar-refractivity contribution is 7.99. The Morgan fingerprint density at radius 1 is 1.31 bits per heavy atom. The van der Waals surface area contributed by atoms with Crippen molar-refractivity contribution in [2.24, 2.45) is 11.7 Å². The molecule has 0 aliphatic heterocycles. The molecule has 0 aromatic heterocycles. The molecule has 3 heteroatoms. The molecule has 0 heterocycles. The Morgan fingerprint density at radius 2 is 1.88 bits per heavy atom. The predicted octanol–water partition coefficient (Wildman–Crippen LogP) is 2.64. The van der Waals surface area contributed by atoms with E-state index in [2.05, 4.69) is 12.1 Å². The summed E-state index contributed by atoms with van der Waals surface area (Å²) in [5.74, 6) is 0.982. The zero-order valence-corrected chi connectivity index (χ0v) is 11.1. The third-order valence-electron chi connectivity index (χ3n) is 2.93. The topological polar surface area (TPSA) is 46.2 Å². The molecule has 1 rings (SSSR count). The Balaban J connectivity index is 2.54. The van der Waals surface area contributed by atoms with Crippen molar-refractivity contribution in [1.82, 2.24) is 0 Å². The summed E-state index contributed by atoms with van der Waals surface area (Å²) in [6.07, 6.45) is 0. The normalized spacial score (nSPS) is 15.1. The van der Waals surface area contributed by atoms with Crippen LogP contribution in [0.1, 0.15) is 26.3 Å². The first-order valence-corrected chi connectivity index (χ1v) is 6.58. The van der Waals surface area contributed by atoms with Gasteiger partial charge in [0.2, 0.25) is 0 Å². The first kappa shape index (κ1) is 13.6. The molecule has 1 aromatic carbocycles. The Labute approximate surface area is 102 Å². The van der Waals surface area contributed by atoms with Gasteiger partial charge in [-0.25, -0.2) is 0 Å². The van der Waals surface area contributed by atoms with Crippen LogP contribution < -0.4 is 5.73 Å². The van der Waals surface area contributed by atoms with Crippen molar-refractivity contribution in [1.29, 1.82) is 0 Å². The van der Waals surface area contributed by atoms with E-state index in [4.69, 9.17) is 5.73 Å². The molecule has 0 bridgehead atoms. The smallest absolute Gasteiger partial charge is 0.0736 e. The highest BCUT2D eigenvalue weighted by atomic mass is 32.2. The second-order valence-electron chi connectivity index (χ2n) is 4.65. The lowest BCUT2D eigenvalue weighted by atomic mass is 9.95. The molecular weight excluding hydrogens is 218 g/mol. The van der Waals surface area contributed by atoms with Gasteiger partial charge in [0.05, 0.1) is 5.60 Å². The summed E-state index contributed by atoms with van der Waals surface area (Å²) in [4.78, 5) is 1.18. The number of benzene rings is 1. The molecule has 0 aliphatic rings. The summed E-state index contributed by atoms with van der Waals surface area (Å²) in [5, 5.41) is 10.1. The fourth-order valence-corrected chi connectivity index (χ4v) is 2.24. The third kappa shape index (κ3) is 3.81. The van der Waals surface area contributed by atoms with Crippen molar-refractivity contribution >= 4 is 11.8 Å². The van der Waals surface area contributed by atoms with Gasteiger partial charge in [0.15, 0.2) is 0 Å². The maximum absolute atomic E-state index is 10.1. The van der Waals surface area contributed by atoms with Gasteiger partial charge >= 0.3 is 0 Å². The van der Waals surface area contributed by atoms with E-state index in [0.717, 1.165) is 5.56 Å². The van der Waals surface area contributed by atoms with Crippen LogP contribution in [0, 0.1) is 5.92 Å². The average molecular weight is 239 g/mol. The molecule has 1 unspecified atom stereocenters. The minimum Gasteiger partial charge on any atom is -0.389 e. The third-order valence-corrected chi connectivity index (χ3v) is 4.27. The van der Waals surface area contributed by atoms with Crippen LogP contribution in [0.15, 0.2) is 29.2 Å². The zero-order valence-electron chi connectivity index (χ0n) is 10.2. The molecule has 1 atom stereocenters. The van der Waals surface area contributed by atoms with Crippen molar-refractivity contribution in [2.75, 3.05) is 5.75 Å². The standard InChI is InChI=1S/C13H21NOS/c1-10(2)13(3,15)9-16-12-6-4-11(8-14)5-7-12/h4-7,10,15H,8-9,14H2,1-3H3. The maximum atomic E-state index is 10.1. The number of thioether (sulfide) groups is 1. The summed E-state index contributed by atoms with van der Waals surface area (Å²) in [7, 11) is 0. The summed E-state index contributed by atoms with van der Waals surface area (Å²) in [6, 6.07) is 8.19. The fourth-order valence-electron chi connectivity index (χ4n) is 1.12. The van der Waals surface area contributed by atoms with E-state index in [-0.39, 0.29) is 5.92 Å². The molecule has 3 N–H and O–H groups in total. The van der Waals surface area contributed by atoms with Crippen molar-refractivity contribution in [3.8, 4) is 0 Å². The minimum absolute atomic E-state index is 0.267. The molecule has 2 nitrogen and oxygen atoms in total. The van der Waals surface area contributed by atoms with Crippen LogP contribution in [0.5, 0.6) is 0 Å². The van der Waals surface area contributed by atoms with Gasteiger partial charge in [-0.15, -0.1) is 11.8 Å². The Hall–Kier alpha value is -0.510. The highest BCUT2D eigenvalue weighted by Gasteiger charge is 2.24. The van der Waals surface area contributed by atoms with E-state index in [9.17, 15) is 5.11 Å². The maximum Gasteiger partial charge on any atom is 0.0736 e. The van der Waals surface area contributed by atoms with Crippen LogP contribution in [-0.4, -0.2) is 16.5 Å². The molecule has 0 fully saturated rings. The predicted molar refractivity (Wildman–Crippen MR) is 70.5 cm³/mol. The van der Waals surface area contributed by atoms with Gasteiger partial charge in [-0.3, -0.25) is 0 Å². The molecule has 1 aromatic rings.